The molecule has 0 atom stereocenters. The molecule has 0 aliphatic carbocycles. The van der Waals surface area contributed by atoms with Gasteiger partial charge in [-0.3, -0.25) is 9.98 Å². The Morgan fingerprint density at radius 3 is 2.62 bits per heavy atom. The third-order valence-electron chi connectivity index (χ3n) is 4.57. The molecule has 0 fully saturated rings. The highest BCUT2D eigenvalue weighted by Crippen LogP contribution is 2.32. The third kappa shape index (κ3) is 2.41. The molecule has 0 spiro atoms. The Bertz CT molecular complexity index is 986. The lowest BCUT2D eigenvalue weighted by atomic mass is 9.84. The Kier molecular flexibility index (Phi) is 3.27. The van der Waals surface area contributed by atoms with Gasteiger partial charge in [0.2, 0.25) is 0 Å². The molecule has 4 rings (SSSR count). The second kappa shape index (κ2) is 5.23. The van der Waals surface area contributed by atoms with Crippen molar-refractivity contribution in [2.45, 2.75) is 32.7 Å². The van der Waals surface area contributed by atoms with Crippen molar-refractivity contribution < 1.29 is 4.39 Å². The molecule has 1 aliphatic heterocycles. The molecule has 1 aliphatic rings. The fraction of sp³-hybridized carbons (Fsp3) is 0.238. The van der Waals surface area contributed by atoms with E-state index in [1.54, 1.807) is 6.07 Å². The largest absolute Gasteiger partial charge is 0.278 e. The van der Waals surface area contributed by atoms with Gasteiger partial charge in [-0.25, -0.2) is 4.39 Å². The molecule has 3 aromatic rings. The van der Waals surface area contributed by atoms with E-state index in [-0.39, 0.29) is 11.4 Å². The lowest BCUT2D eigenvalue weighted by molar-refractivity contribution is 0.492. The maximum Gasteiger partial charge on any atom is 0.127 e. The van der Waals surface area contributed by atoms with E-state index in [4.69, 9.17) is 9.98 Å². The van der Waals surface area contributed by atoms with Gasteiger partial charge < -0.3 is 0 Å². The van der Waals surface area contributed by atoms with Crippen LogP contribution >= 0.6 is 0 Å². The molecule has 0 saturated heterocycles. The summed E-state index contributed by atoms with van der Waals surface area (Å²) in [4.78, 5) is 9.66. The van der Waals surface area contributed by atoms with Crippen molar-refractivity contribution in [3.63, 3.8) is 0 Å². The topological polar surface area (TPSA) is 25.2 Å². The van der Waals surface area contributed by atoms with Crippen molar-refractivity contribution in [3.05, 3.63) is 76.7 Å². The van der Waals surface area contributed by atoms with Crippen molar-refractivity contribution in [2.24, 2.45) is 4.99 Å². The molecule has 24 heavy (non-hydrogen) atoms. The molecule has 0 saturated carbocycles. The van der Waals surface area contributed by atoms with Gasteiger partial charge in [-0.15, -0.1) is 0 Å². The van der Waals surface area contributed by atoms with Crippen molar-refractivity contribution >= 4 is 16.6 Å². The predicted molar refractivity (Wildman–Crippen MR) is 96.3 cm³/mol. The summed E-state index contributed by atoms with van der Waals surface area (Å²) in [6.07, 6.45) is 0.610. The van der Waals surface area contributed by atoms with Crippen LogP contribution in [0.2, 0.25) is 0 Å². The molecule has 0 N–H and O–H groups in total. The Morgan fingerprint density at radius 2 is 1.79 bits per heavy atom. The van der Waals surface area contributed by atoms with Crippen LogP contribution in [0.15, 0.2) is 53.5 Å². The minimum Gasteiger partial charge on any atom is -0.278 e. The normalized spacial score (nSPS) is 15.9. The number of aliphatic imine (C=N–C) groups is 1. The van der Waals surface area contributed by atoms with E-state index < -0.39 is 0 Å². The molecular weight excluding hydrogens is 299 g/mol. The highest BCUT2D eigenvalue weighted by Gasteiger charge is 2.30. The van der Waals surface area contributed by atoms with Gasteiger partial charge in [0, 0.05) is 28.6 Å². The van der Waals surface area contributed by atoms with Gasteiger partial charge in [-0.2, -0.15) is 0 Å². The zero-order valence-corrected chi connectivity index (χ0v) is 14.1. The summed E-state index contributed by atoms with van der Waals surface area (Å²) in [5.74, 6) is -0.153. The summed E-state index contributed by atoms with van der Waals surface area (Å²) in [7, 11) is 0. The lowest BCUT2D eigenvalue weighted by Gasteiger charge is -2.30. The average molecular weight is 318 g/mol. The van der Waals surface area contributed by atoms with Crippen LogP contribution in [-0.2, 0) is 6.42 Å². The number of benzene rings is 2. The smallest absolute Gasteiger partial charge is 0.127 e. The number of pyridine rings is 1. The summed E-state index contributed by atoms with van der Waals surface area (Å²) in [5.41, 5.74) is 5.01. The van der Waals surface area contributed by atoms with Crippen molar-refractivity contribution in [2.75, 3.05) is 0 Å². The number of aromatic nitrogens is 1. The Morgan fingerprint density at radius 1 is 1.00 bits per heavy atom. The molecule has 2 nitrogen and oxygen atoms in total. The molecule has 0 radical (unpaired) electrons. The molecule has 0 amide bonds. The average Bonchev–Trinajstić information content (AvgIpc) is 2.54. The summed E-state index contributed by atoms with van der Waals surface area (Å²) in [6.45, 7) is 6.09. The Labute approximate surface area is 141 Å². The van der Waals surface area contributed by atoms with E-state index in [0.29, 0.717) is 6.42 Å². The number of hydrogen-bond donors (Lipinski definition) is 0. The first kappa shape index (κ1) is 15.0. The number of rotatable bonds is 1. The van der Waals surface area contributed by atoms with Crippen molar-refractivity contribution in [1.29, 1.82) is 0 Å². The minimum atomic E-state index is -0.331. The first-order chi connectivity index (χ1) is 11.4. The molecular formula is C21H19FN2. The van der Waals surface area contributed by atoms with Crippen LogP contribution in [0, 0.1) is 12.7 Å². The van der Waals surface area contributed by atoms with Crippen molar-refractivity contribution in [1.82, 2.24) is 4.98 Å². The van der Waals surface area contributed by atoms with Crippen LogP contribution in [0.4, 0.5) is 4.39 Å². The van der Waals surface area contributed by atoms with Crippen LogP contribution < -0.4 is 0 Å². The van der Waals surface area contributed by atoms with E-state index in [2.05, 4.69) is 6.07 Å². The summed E-state index contributed by atoms with van der Waals surface area (Å²) >= 11 is 0. The standard InChI is InChI=1S/C21H19FN2/c1-13-16(11-14-7-4-5-10-19(14)23-13)20-15-8-6-9-18(22)17(15)12-21(2,3)24-20/h4-11H,12H2,1-3H3. The number of aryl methyl sites for hydroxylation is 1. The molecule has 1 aromatic heterocycles. The summed E-state index contributed by atoms with van der Waals surface area (Å²) in [6, 6.07) is 15.4. The zero-order chi connectivity index (χ0) is 16.9. The lowest BCUT2D eigenvalue weighted by Crippen LogP contribution is -2.30. The Hall–Kier alpha value is -2.55. The fourth-order valence-corrected chi connectivity index (χ4v) is 3.45. The first-order valence-electron chi connectivity index (χ1n) is 8.19. The molecule has 120 valence electrons. The highest BCUT2D eigenvalue weighted by atomic mass is 19.1. The van der Waals surface area contributed by atoms with Gasteiger partial charge in [-0.1, -0.05) is 30.3 Å². The third-order valence-corrected chi connectivity index (χ3v) is 4.57. The summed E-state index contributed by atoms with van der Waals surface area (Å²) < 4.78 is 14.4. The molecule has 0 bridgehead atoms. The van der Waals surface area contributed by atoms with Crippen LogP contribution in [0.1, 0.15) is 36.2 Å². The van der Waals surface area contributed by atoms with E-state index >= 15 is 0 Å². The molecule has 0 unspecified atom stereocenters. The van der Waals surface area contributed by atoms with Gasteiger partial charge in [0.25, 0.3) is 0 Å². The summed E-state index contributed by atoms with van der Waals surface area (Å²) in [5, 5.41) is 1.07. The molecule has 2 heterocycles. The van der Waals surface area contributed by atoms with Crippen molar-refractivity contribution in [3.8, 4) is 0 Å². The quantitative estimate of drug-likeness (QED) is 0.629. The SMILES string of the molecule is Cc1nc2ccccc2cc1C1=NC(C)(C)Cc2c(F)cccc21. The van der Waals surface area contributed by atoms with Gasteiger partial charge in [0.05, 0.1) is 16.8 Å². The van der Waals surface area contributed by atoms with E-state index in [0.717, 1.165) is 39.0 Å². The zero-order valence-electron chi connectivity index (χ0n) is 14.1. The first-order valence-corrected chi connectivity index (χ1v) is 8.19. The number of para-hydroxylation sites is 1. The minimum absolute atomic E-state index is 0.153. The monoisotopic (exact) mass is 318 g/mol. The van der Waals surface area contributed by atoms with Gasteiger partial charge >= 0.3 is 0 Å². The predicted octanol–water partition coefficient (Wildman–Crippen LogP) is 4.85. The maximum atomic E-state index is 14.4. The number of fused-ring (bicyclic) bond motifs is 2. The van der Waals surface area contributed by atoms with Gasteiger partial charge in [-0.05, 0) is 44.5 Å². The van der Waals surface area contributed by atoms with E-state index in [1.165, 1.54) is 6.07 Å². The van der Waals surface area contributed by atoms with Crippen LogP contribution in [0.25, 0.3) is 10.9 Å². The van der Waals surface area contributed by atoms with Crippen LogP contribution in [-0.4, -0.2) is 16.2 Å². The highest BCUT2D eigenvalue weighted by molar-refractivity contribution is 6.16. The number of halogens is 1. The van der Waals surface area contributed by atoms with E-state index in [1.807, 2.05) is 51.1 Å². The second-order valence-corrected chi connectivity index (χ2v) is 7.03. The molecule has 3 heteroatoms. The molecule has 2 aromatic carbocycles. The van der Waals surface area contributed by atoms with Gasteiger partial charge in [0.15, 0.2) is 0 Å². The fourth-order valence-electron chi connectivity index (χ4n) is 3.45. The van der Waals surface area contributed by atoms with Gasteiger partial charge in [0.1, 0.15) is 5.82 Å². The number of nitrogens with zero attached hydrogens (tertiary/aromatic N) is 2. The number of hydrogen-bond acceptors (Lipinski definition) is 2. The second-order valence-electron chi connectivity index (χ2n) is 7.03. The van der Waals surface area contributed by atoms with Crippen LogP contribution in [0.3, 0.4) is 0 Å². The van der Waals surface area contributed by atoms with E-state index in [9.17, 15) is 4.39 Å². The van der Waals surface area contributed by atoms with Crippen LogP contribution in [0.5, 0.6) is 0 Å². The maximum absolute atomic E-state index is 14.4. The Balaban J connectivity index is 2.00.